The van der Waals surface area contributed by atoms with E-state index in [0.29, 0.717) is 0 Å². The lowest BCUT2D eigenvalue weighted by Crippen LogP contribution is -1.90. The lowest BCUT2D eigenvalue weighted by atomic mass is 9.95. The maximum atomic E-state index is 3.43. The zero-order chi connectivity index (χ0) is 22.9. The molecule has 0 unspecified atom stereocenters. The number of hydrogen-bond donors (Lipinski definition) is 1. The summed E-state index contributed by atoms with van der Waals surface area (Å²) in [6.45, 7) is 4.39. The molecule has 4 aromatic carbocycles. The van der Waals surface area contributed by atoms with Gasteiger partial charge in [-0.05, 0) is 70.5 Å². The molecule has 0 radical (unpaired) electrons. The summed E-state index contributed by atoms with van der Waals surface area (Å²) >= 11 is 0. The molecule has 4 aromatic rings. The molecule has 1 nitrogen and oxygen atoms in total. The van der Waals surface area contributed by atoms with Gasteiger partial charge >= 0.3 is 0 Å². The SMILES string of the molecule is CCc1ccc(C(=C/C=C/c2ccc(Nc3ccccc3)cc2)c2ccc(CC)cc2)cc1. The van der Waals surface area contributed by atoms with E-state index < -0.39 is 0 Å². The highest BCUT2D eigenvalue weighted by Crippen LogP contribution is 2.25. The Morgan fingerprint density at radius 3 is 1.64 bits per heavy atom. The summed E-state index contributed by atoms with van der Waals surface area (Å²) in [4.78, 5) is 0. The fraction of sp³-hybridized carbons (Fsp3) is 0.125. The van der Waals surface area contributed by atoms with Crippen LogP contribution in [0.2, 0.25) is 0 Å². The summed E-state index contributed by atoms with van der Waals surface area (Å²) in [5.74, 6) is 0. The third kappa shape index (κ3) is 6.11. The fourth-order valence-electron chi connectivity index (χ4n) is 3.82. The van der Waals surface area contributed by atoms with Crippen molar-refractivity contribution in [3.8, 4) is 0 Å². The molecule has 4 rings (SSSR count). The maximum absolute atomic E-state index is 3.43. The average molecular weight is 430 g/mol. The van der Waals surface area contributed by atoms with Crippen LogP contribution in [-0.2, 0) is 12.8 Å². The maximum Gasteiger partial charge on any atom is 0.0384 e. The third-order valence-corrected chi connectivity index (χ3v) is 5.87. The second-order valence-corrected chi connectivity index (χ2v) is 8.15. The second kappa shape index (κ2) is 11.2. The van der Waals surface area contributed by atoms with Gasteiger partial charge in [0.1, 0.15) is 0 Å². The average Bonchev–Trinajstić information content (AvgIpc) is 2.88. The summed E-state index contributed by atoms with van der Waals surface area (Å²) in [6.07, 6.45) is 8.64. The molecule has 0 atom stereocenters. The van der Waals surface area contributed by atoms with Crippen molar-refractivity contribution >= 4 is 23.0 Å². The quantitative estimate of drug-likeness (QED) is 0.276. The summed E-state index contributed by atoms with van der Waals surface area (Å²) in [5.41, 5.74) is 9.79. The van der Waals surface area contributed by atoms with Crippen LogP contribution in [0.1, 0.15) is 41.7 Å². The minimum atomic E-state index is 1.06. The number of para-hydroxylation sites is 1. The number of rotatable bonds is 8. The monoisotopic (exact) mass is 429 g/mol. The smallest absolute Gasteiger partial charge is 0.0384 e. The van der Waals surface area contributed by atoms with Crippen LogP contribution in [0.15, 0.2) is 115 Å². The molecule has 0 saturated heterocycles. The Hall–Kier alpha value is -3.84. The van der Waals surface area contributed by atoms with Gasteiger partial charge in [-0.25, -0.2) is 0 Å². The predicted octanol–water partition coefficient (Wildman–Crippen LogP) is 8.70. The van der Waals surface area contributed by atoms with Crippen LogP contribution in [0.5, 0.6) is 0 Å². The van der Waals surface area contributed by atoms with Crippen LogP contribution in [-0.4, -0.2) is 0 Å². The highest BCUT2D eigenvalue weighted by Gasteiger charge is 2.05. The minimum absolute atomic E-state index is 1.06. The number of anilines is 2. The van der Waals surface area contributed by atoms with E-state index in [-0.39, 0.29) is 0 Å². The van der Waals surface area contributed by atoms with Crippen molar-refractivity contribution in [2.45, 2.75) is 26.7 Å². The van der Waals surface area contributed by atoms with Crippen molar-refractivity contribution in [3.63, 3.8) is 0 Å². The predicted molar refractivity (Wildman–Crippen MR) is 144 cm³/mol. The molecule has 0 heterocycles. The van der Waals surface area contributed by atoms with Gasteiger partial charge in [-0.15, -0.1) is 0 Å². The largest absolute Gasteiger partial charge is 0.356 e. The van der Waals surface area contributed by atoms with Gasteiger partial charge in [0.25, 0.3) is 0 Å². The Kier molecular flexibility index (Phi) is 7.56. The first-order valence-corrected chi connectivity index (χ1v) is 11.7. The second-order valence-electron chi connectivity index (χ2n) is 8.15. The highest BCUT2D eigenvalue weighted by molar-refractivity contribution is 5.81. The van der Waals surface area contributed by atoms with E-state index in [1.54, 1.807) is 0 Å². The molecular formula is C32H31N. The van der Waals surface area contributed by atoms with Crippen molar-refractivity contribution in [2.24, 2.45) is 0 Å². The van der Waals surface area contributed by atoms with Crippen molar-refractivity contribution in [1.82, 2.24) is 0 Å². The van der Waals surface area contributed by atoms with Crippen LogP contribution in [0, 0.1) is 0 Å². The Labute approximate surface area is 198 Å². The zero-order valence-corrected chi connectivity index (χ0v) is 19.5. The van der Waals surface area contributed by atoms with Gasteiger partial charge in [-0.1, -0.05) is 111 Å². The van der Waals surface area contributed by atoms with E-state index >= 15 is 0 Å². The summed E-state index contributed by atoms with van der Waals surface area (Å²) < 4.78 is 0. The van der Waals surface area contributed by atoms with Gasteiger partial charge in [-0.3, -0.25) is 0 Å². The minimum Gasteiger partial charge on any atom is -0.356 e. The molecular weight excluding hydrogens is 398 g/mol. The van der Waals surface area contributed by atoms with E-state index in [9.17, 15) is 0 Å². The standard InChI is InChI=1S/C32H31N/c1-3-25-13-19-28(20-14-25)32(29-21-15-26(4-2)16-22-29)12-8-9-27-17-23-31(24-18-27)33-30-10-6-5-7-11-30/h5-24,33H,3-4H2,1-2H3/b9-8+. The third-order valence-electron chi connectivity index (χ3n) is 5.87. The van der Waals surface area contributed by atoms with Crippen molar-refractivity contribution in [1.29, 1.82) is 0 Å². The number of benzene rings is 4. The molecule has 164 valence electrons. The van der Waals surface area contributed by atoms with Gasteiger partial charge in [-0.2, -0.15) is 0 Å². The molecule has 0 fully saturated rings. The van der Waals surface area contributed by atoms with Crippen molar-refractivity contribution in [2.75, 3.05) is 5.32 Å². The van der Waals surface area contributed by atoms with Gasteiger partial charge in [0.2, 0.25) is 0 Å². The molecule has 0 aromatic heterocycles. The normalized spacial score (nSPS) is 10.8. The van der Waals surface area contributed by atoms with E-state index in [1.165, 1.54) is 33.4 Å². The highest BCUT2D eigenvalue weighted by atomic mass is 14.9. The number of aryl methyl sites for hydroxylation is 2. The summed E-state index contributed by atoms with van der Waals surface area (Å²) in [5, 5.41) is 3.43. The van der Waals surface area contributed by atoms with Gasteiger partial charge in [0.15, 0.2) is 0 Å². The number of nitrogens with one attached hydrogen (secondary N) is 1. The Balaban J connectivity index is 1.56. The topological polar surface area (TPSA) is 12.0 Å². The van der Waals surface area contributed by atoms with E-state index in [1.807, 2.05) is 18.2 Å². The van der Waals surface area contributed by atoms with Crippen LogP contribution in [0.25, 0.3) is 11.6 Å². The van der Waals surface area contributed by atoms with Gasteiger partial charge < -0.3 is 5.32 Å². The van der Waals surface area contributed by atoms with Crippen LogP contribution < -0.4 is 5.32 Å². The van der Waals surface area contributed by atoms with Crippen LogP contribution >= 0.6 is 0 Å². The molecule has 1 heteroatoms. The van der Waals surface area contributed by atoms with Crippen LogP contribution in [0.3, 0.4) is 0 Å². The van der Waals surface area contributed by atoms with Crippen molar-refractivity contribution in [3.05, 3.63) is 143 Å². The number of allylic oxidation sites excluding steroid dienone is 2. The Morgan fingerprint density at radius 1 is 0.606 bits per heavy atom. The molecule has 0 saturated carbocycles. The van der Waals surface area contributed by atoms with Crippen molar-refractivity contribution < 1.29 is 0 Å². The molecule has 0 aliphatic carbocycles. The Bertz CT molecular complexity index is 1150. The van der Waals surface area contributed by atoms with Crippen LogP contribution in [0.4, 0.5) is 11.4 Å². The first-order chi connectivity index (χ1) is 16.2. The molecule has 33 heavy (non-hydrogen) atoms. The fourth-order valence-corrected chi connectivity index (χ4v) is 3.82. The summed E-state index contributed by atoms with van der Waals surface area (Å²) in [6, 6.07) is 36.6. The first-order valence-electron chi connectivity index (χ1n) is 11.7. The van der Waals surface area contributed by atoms with E-state index in [2.05, 4.69) is 122 Å². The van der Waals surface area contributed by atoms with Gasteiger partial charge in [0, 0.05) is 11.4 Å². The molecule has 1 N–H and O–H groups in total. The molecule has 0 bridgehead atoms. The first kappa shape index (κ1) is 22.4. The molecule has 0 aliphatic heterocycles. The lowest BCUT2D eigenvalue weighted by molar-refractivity contribution is 1.14. The molecule has 0 spiro atoms. The van der Waals surface area contributed by atoms with E-state index in [4.69, 9.17) is 0 Å². The Morgan fingerprint density at radius 2 is 1.12 bits per heavy atom. The molecule has 0 aliphatic rings. The number of hydrogen-bond acceptors (Lipinski definition) is 1. The van der Waals surface area contributed by atoms with E-state index in [0.717, 1.165) is 24.2 Å². The zero-order valence-electron chi connectivity index (χ0n) is 19.5. The lowest BCUT2D eigenvalue weighted by Gasteiger charge is -2.10. The van der Waals surface area contributed by atoms with Gasteiger partial charge in [0.05, 0.1) is 0 Å². The summed E-state index contributed by atoms with van der Waals surface area (Å²) in [7, 11) is 0. The molecule has 0 amide bonds.